The zero-order valence-corrected chi connectivity index (χ0v) is 7.56. The molecule has 0 bridgehead atoms. The van der Waals surface area contributed by atoms with Gasteiger partial charge in [0.1, 0.15) is 12.2 Å². The molecule has 0 aromatic heterocycles. The lowest BCUT2D eigenvalue weighted by Gasteiger charge is -2.09. The van der Waals surface area contributed by atoms with Crippen molar-refractivity contribution in [2.75, 3.05) is 0 Å². The van der Waals surface area contributed by atoms with E-state index in [-0.39, 0.29) is 18.2 Å². The molecular weight excluding hydrogens is 172 g/mol. The van der Waals surface area contributed by atoms with Crippen LogP contribution in [0.3, 0.4) is 0 Å². The average molecular weight is 184 g/mol. The third-order valence-corrected chi connectivity index (χ3v) is 2.32. The number of aliphatic hydroxyl groups is 1. The van der Waals surface area contributed by atoms with Crippen LogP contribution in [-0.4, -0.2) is 35.5 Å². The topological polar surface area (TPSA) is 59.1 Å². The molecule has 0 aliphatic carbocycles. The van der Waals surface area contributed by atoms with E-state index in [1.807, 2.05) is 6.92 Å². The molecule has 1 fully saturated rings. The molecule has 0 spiro atoms. The molecule has 2 heterocycles. The maximum atomic E-state index is 11.2. The van der Waals surface area contributed by atoms with Crippen molar-refractivity contribution in [1.29, 1.82) is 0 Å². The number of ether oxygens (including phenoxy) is 2. The highest BCUT2D eigenvalue weighted by molar-refractivity contribution is 5.92. The molecule has 13 heavy (non-hydrogen) atoms. The molecule has 4 heteroatoms. The maximum absolute atomic E-state index is 11.2. The summed E-state index contributed by atoms with van der Waals surface area (Å²) >= 11 is 0. The molecule has 1 N–H and O–H groups in total. The number of aliphatic hydroxyl groups excluding tert-OH is 1. The summed E-state index contributed by atoms with van der Waals surface area (Å²) in [5.74, 6) is -0.361. The van der Waals surface area contributed by atoms with Gasteiger partial charge >= 0.3 is 5.97 Å². The minimum absolute atomic E-state index is 0.103. The fourth-order valence-electron chi connectivity index (χ4n) is 1.43. The Morgan fingerprint density at radius 3 is 2.62 bits per heavy atom. The second-order valence-corrected chi connectivity index (χ2v) is 3.49. The number of cyclic esters (lactones) is 1. The Labute approximate surface area is 76.1 Å². The van der Waals surface area contributed by atoms with Crippen molar-refractivity contribution in [2.45, 2.75) is 38.3 Å². The molecule has 0 radical (unpaired) electrons. The molecule has 72 valence electrons. The molecule has 0 unspecified atom stereocenters. The summed E-state index contributed by atoms with van der Waals surface area (Å²) in [6.45, 7) is 3.49. The molecule has 0 saturated carbocycles. The monoisotopic (exact) mass is 184 g/mol. The van der Waals surface area contributed by atoms with Crippen LogP contribution in [0.4, 0.5) is 0 Å². The summed E-state index contributed by atoms with van der Waals surface area (Å²) in [6.07, 6.45) is 0.485. The lowest BCUT2D eigenvalue weighted by molar-refractivity contribution is -0.143. The van der Waals surface area contributed by atoms with Crippen molar-refractivity contribution in [2.24, 2.45) is 0 Å². The van der Waals surface area contributed by atoms with Gasteiger partial charge in [0, 0.05) is 0 Å². The smallest absolute Gasteiger partial charge is 0.337 e. The first-order chi connectivity index (χ1) is 6.09. The van der Waals surface area contributed by atoms with Crippen molar-refractivity contribution in [1.82, 2.24) is 0 Å². The van der Waals surface area contributed by atoms with Gasteiger partial charge in [-0.1, -0.05) is 0 Å². The highest BCUT2D eigenvalue weighted by Crippen LogP contribution is 2.33. The van der Waals surface area contributed by atoms with Gasteiger partial charge in [-0.3, -0.25) is 0 Å². The van der Waals surface area contributed by atoms with Gasteiger partial charge in [0.05, 0.1) is 17.8 Å². The first-order valence-electron chi connectivity index (χ1n) is 4.36. The lowest BCUT2D eigenvalue weighted by Crippen LogP contribution is -2.22. The molecule has 2 aliphatic rings. The summed E-state index contributed by atoms with van der Waals surface area (Å²) in [5.41, 5.74) is 0.554. The van der Waals surface area contributed by atoms with Crippen molar-refractivity contribution in [3.8, 4) is 0 Å². The summed E-state index contributed by atoms with van der Waals surface area (Å²) in [6, 6.07) is 0. The zero-order valence-electron chi connectivity index (χ0n) is 7.56. The highest BCUT2D eigenvalue weighted by atomic mass is 16.6. The van der Waals surface area contributed by atoms with Crippen LogP contribution in [0.2, 0.25) is 0 Å². The van der Waals surface area contributed by atoms with Crippen LogP contribution in [0, 0.1) is 0 Å². The van der Waals surface area contributed by atoms with Gasteiger partial charge < -0.3 is 14.6 Å². The Kier molecular flexibility index (Phi) is 1.89. The third kappa shape index (κ3) is 1.47. The standard InChI is InChI=1S/C9H12O4/c1-4(10)7-3-6(9(11)13-7)8-5(2)12-8/h3-5,7-8,10H,1-2H3/t4-,5+,7+,8+/m0/s1. The van der Waals surface area contributed by atoms with E-state index in [9.17, 15) is 9.90 Å². The summed E-state index contributed by atoms with van der Waals surface area (Å²) in [7, 11) is 0. The molecular formula is C9H12O4. The molecule has 1 saturated heterocycles. The van der Waals surface area contributed by atoms with E-state index in [0.717, 1.165) is 0 Å². The van der Waals surface area contributed by atoms with E-state index in [1.54, 1.807) is 13.0 Å². The summed E-state index contributed by atoms with van der Waals surface area (Å²) < 4.78 is 10.1. The van der Waals surface area contributed by atoms with Crippen LogP contribution < -0.4 is 0 Å². The maximum Gasteiger partial charge on any atom is 0.337 e. The largest absolute Gasteiger partial charge is 0.452 e. The molecule has 0 aromatic carbocycles. The van der Waals surface area contributed by atoms with Gasteiger partial charge in [0.25, 0.3) is 0 Å². The Hall–Kier alpha value is -0.870. The van der Waals surface area contributed by atoms with Gasteiger partial charge in [0.15, 0.2) is 0 Å². The number of epoxide rings is 1. The van der Waals surface area contributed by atoms with Crippen molar-refractivity contribution < 1.29 is 19.4 Å². The quantitative estimate of drug-likeness (QED) is 0.485. The van der Waals surface area contributed by atoms with Gasteiger partial charge in [-0.15, -0.1) is 0 Å². The molecule has 4 nitrogen and oxygen atoms in total. The minimum Gasteiger partial charge on any atom is -0.452 e. The van der Waals surface area contributed by atoms with Crippen molar-refractivity contribution in [3.05, 3.63) is 11.6 Å². The van der Waals surface area contributed by atoms with Gasteiger partial charge in [-0.05, 0) is 19.9 Å². The Bertz CT molecular complexity index is 269. The fraction of sp³-hybridized carbons (Fsp3) is 0.667. The van der Waals surface area contributed by atoms with Gasteiger partial charge in [-0.25, -0.2) is 4.79 Å². The van der Waals surface area contributed by atoms with E-state index < -0.39 is 12.2 Å². The van der Waals surface area contributed by atoms with E-state index in [1.165, 1.54) is 0 Å². The van der Waals surface area contributed by atoms with Crippen molar-refractivity contribution in [3.63, 3.8) is 0 Å². The van der Waals surface area contributed by atoms with Crippen LogP contribution in [0.25, 0.3) is 0 Å². The van der Waals surface area contributed by atoms with E-state index in [2.05, 4.69) is 0 Å². The second-order valence-electron chi connectivity index (χ2n) is 3.49. The Morgan fingerprint density at radius 2 is 2.23 bits per heavy atom. The highest BCUT2D eigenvalue weighted by Gasteiger charge is 2.45. The van der Waals surface area contributed by atoms with Crippen LogP contribution in [0.1, 0.15) is 13.8 Å². The van der Waals surface area contributed by atoms with Crippen LogP contribution in [-0.2, 0) is 14.3 Å². The van der Waals surface area contributed by atoms with Crippen LogP contribution >= 0.6 is 0 Å². The molecule has 2 aliphatic heterocycles. The second kappa shape index (κ2) is 2.82. The normalized spacial score (nSPS) is 39.8. The van der Waals surface area contributed by atoms with E-state index >= 15 is 0 Å². The van der Waals surface area contributed by atoms with E-state index in [4.69, 9.17) is 9.47 Å². The lowest BCUT2D eigenvalue weighted by atomic mass is 10.1. The fourth-order valence-corrected chi connectivity index (χ4v) is 1.43. The summed E-state index contributed by atoms with van der Waals surface area (Å²) in [5, 5.41) is 9.19. The molecule has 2 rings (SSSR count). The van der Waals surface area contributed by atoms with Crippen LogP contribution in [0.5, 0.6) is 0 Å². The van der Waals surface area contributed by atoms with Gasteiger partial charge in [-0.2, -0.15) is 0 Å². The van der Waals surface area contributed by atoms with Crippen molar-refractivity contribution >= 4 is 5.97 Å². The Morgan fingerprint density at radius 1 is 1.62 bits per heavy atom. The average Bonchev–Trinajstić information content (AvgIpc) is 2.60. The van der Waals surface area contributed by atoms with Crippen LogP contribution in [0.15, 0.2) is 11.6 Å². The minimum atomic E-state index is -0.657. The number of carbonyl (C=O) groups is 1. The van der Waals surface area contributed by atoms with Gasteiger partial charge in [0.2, 0.25) is 0 Å². The number of hydrogen-bond acceptors (Lipinski definition) is 4. The number of rotatable bonds is 2. The number of esters is 1. The first-order valence-corrected chi connectivity index (χ1v) is 4.36. The zero-order chi connectivity index (χ0) is 9.59. The third-order valence-electron chi connectivity index (χ3n) is 2.32. The number of carbonyl (C=O) groups excluding carboxylic acids is 1. The first kappa shape index (κ1) is 8.72. The predicted molar refractivity (Wildman–Crippen MR) is 44.0 cm³/mol. The Balaban J connectivity index is 2.10. The summed E-state index contributed by atoms with van der Waals surface area (Å²) in [4.78, 5) is 11.2. The predicted octanol–water partition coefficient (Wildman–Crippen LogP) is 0.00630. The molecule has 0 aromatic rings. The number of hydrogen-bond donors (Lipinski definition) is 1. The molecule has 4 atom stereocenters. The van der Waals surface area contributed by atoms with E-state index in [0.29, 0.717) is 5.57 Å². The molecule has 0 amide bonds. The SMILES string of the molecule is C[C@H](O)[C@H]1C=C([C@@H]2O[C@@H]2C)C(=O)O1.